The minimum absolute atomic E-state index is 0.196. The number of halogens is 2. The van der Waals surface area contributed by atoms with E-state index in [0.29, 0.717) is 16.9 Å². The van der Waals surface area contributed by atoms with Crippen molar-refractivity contribution in [1.82, 2.24) is 5.32 Å². The highest BCUT2D eigenvalue weighted by Gasteiger charge is 2.05. The zero-order valence-corrected chi connectivity index (χ0v) is 10.8. The summed E-state index contributed by atoms with van der Waals surface area (Å²) in [6.07, 6.45) is 1.16. The van der Waals surface area contributed by atoms with Gasteiger partial charge in [-0.15, -0.1) is 0 Å². The number of hydrogen-bond donors (Lipinski definition) is 1. The van der Waals surface area contributed by atoms with Gasteiger partial charge in [-0.3, -0.25) is 0 Å². The second-order valence-corrected chi connectivity index (χ2v) is 4.65. The first-order valence-electron chi connectivity index (χ1n) is 5.28. The van der Waals surface area contributed by atoms with E-state index in [1.54, 1.807) is 6.07 Å². The Kier molecular flexibility index (Phi) is 5.26. The molecule has 1 rings (SSSR count). The van der Waals surface area contributed by atoms with Gasteiger partial charge in [0.05, 0.1) is 4.47 Å². The summed E-state index contributed by atoms with van der Waals surface area (Å²) in [4.78, 5) is 0. The first-order chi connectivity index (χ1) is 7.15. The Labute approximate surface area is 99.2 Å². The van der Waals surface area contributed by atoms with Gasteiger partial charge in [0.2, 0.25) is 0 Å². The van der Waals surface area contributed by atoms with E-state index in [4.69, 9.17) is 0 Å². The summed E-state index contributed by atoms with van der Waals surface area (Å²) in [5.74, 6) is 0.468. The van der Waals surface area contributed by atoms with Crippen LogP contribution < -0.4 is 5.32 Å². The van der Waals surface area contributed by atoms with Gasteiger partial charge in [0.15, 0.2) is 0 Å². The summed E-state index contributed by atoms with van der Waals surface area (Å²) >= 11 is 3.25. The standard InChI is InChI=1S/C12H17BrFN/c1-3-9(2)7-15-8-10-5-4-6-11(14)12(10)13/h4-6,9,15H,3,7-8H2,1-2H3. The summed E-state index contributed by atoms with van der Waals surface area (Å²) in [5.41, 5.74) is 0.971. The molecule has 0 radical (unpaired) electrons. The molecule has 84 valence electrons. The van der Waals surface area contributed by atoms with Crippen molar-refractivity contribution >= 4 is 15.9 Å². The van der Waals surface area contributed by atoms with E-state index < -0.39 is 0 Å². The molecule has 1 N–H and O–H groups in total. The van der Waals surface area contributed by atoms with Gasteiger partial charge in [0.1, 0.15) is 5.82 Å². The molecule has 0 aliphatic heterocycles. The monoisotopic (exact) mass is 273 g/mol. The molecule has 0 bridgehead atoms. The zero-order chi connectivity index (χ0) is 11.3. The molecule has 1 aromatic carbocycles. The molecule has 3 heteroatoms. The SMILES string of the molecule is CCC(C)CNCc1cccc(F)c1Br. The molecule has 0 aliphatic rings. The highest BCUT2D eigenvalue weighted by Crippen LogP contribution is 2.20. The number of hydrogen-bond acceptors (Lipinski definition) is 1. The van der Waals surface area contributed by atoms with Gasteiger partial charge in [-0.2, -0.15) is 0 Å². The lowest BCUT2D eigenvalue weighted by Crippen LogP contribution is -2.20. The maximum atomic E-state index is 13.2. The smallest absolute Gasteiger partial charge is 0.137 e. The first kappa shape index (κ1) is 12.7. The average molecular weight is 274 g/mol. The third-order valence-electron chi connectivity index (χ3n) is 2.54. The minimum Gasteiger partial charge on any atom is -0.312 e. The third kappa shape index (κ3) is 3.92. The first-order valence-corrected chi connectivity index (χ1v) is 6.08. The topological polar surface area (TPSA) is 12.0 Å². The van der Waals surface area contributed by atoms with E-state index in [0.717, 1.165) is 18.5 Å². The van der Waals surface area contributed by atoms with Crippen LogP contribution in [0.4, 0.5) is 4.39 Å². The average Bonchev–Trinajstić information content (AvgIpc) is 2.24. The third-order valence-corrected chi connectivity index (χ3v) is 3.42. The molecule has 1 unspecified atom stereocenters. The highest BCUT2D eigenvalue weighted by atomic mass is 79.9. The van der Waals surface area contributed by atoms with Gasteiger partial charge in [-0.25, -0.2) is 4.39 Å². The number of rotatable bonds is 5. The second kappa shape index (κ2) is 6.23. The Bertz CT molecular complexity index is 314. The van der Waals surface area contributed by atoms with Crippen molar-refractivity contribution in [1.29, 1.82) is 0 Å². The van der Waals surface area contributed by atoms with Crippen LogP contribution in [0.2, 0.25) is 0 Å². The van der Waals surface area contributed by atoms with Gasteiger partial charge in [-0.1, -0.05) is 32.4 Å². The van der Waals surface area contributed by atoms with E-state index in [2.05, 4.69) is 35.1 Å². The van der Waals surface area contributed by atoms with Crippen LogP contribution in [0.3, 0.4) is 0 Å². The lowest BCUT2D eigenvalue weighted by Gasteiger charge is -2.11. The summed E-state index contributed by atoms with van der Waals surface area (Å²) in [5, 5.41) is 3.32. The Morgan fingerprint density at radius 3 is 2.87 bits per heavy atom. The van der Waals surface area contributed by atoms with Crippen LogP contribution in [-0.4, -0.2) is 6.54 Å². The maximum Gasteiger partial charge on any atom is 0.137 e. The zero-order valence-electron chi connectivity index (χ0n) is 9.19. The molecule has 1 nitrogen and oxygen atoms in total. The largest absolute Gasteiger partial charge is 0.312 e. The van der Waals surface area contributed by atoms with Crippen molar-refractivity contribution in [3.8, 4) is 0 Å². The molecule has 0 saturated carbocycles. The van der Waals surface area contributed by atoms with Crippen LogP contribution in [0, 0.1) is 11.7 Å². The lowest BCUT2D eigenvalue weighted by molar-refractivity contribution is 0.498. The Balaban J connectivity index is 2.47. The van der Waals surface area contributed by atoms with Crippen molar-refractivity contribution in [3.05, 3.63) is 34.1 Å². The van der Waals surface area contributed by atoms with Crippen LogP contribution in [0.15, 0.2) is 22.7 Å². The van der Waals surface area contributed by atoms with Crippen LogP contribution in [-0.2, 0) is 6.54 Å². The predicted molar refractivity (Wildman–Crippen MR) is 65.3 cm³/mol. The van der Waals surface area contributed by atoms with E-state index in [1.807, 2.05) is 6.07 Å². The van der Waals surface area contributed by atoms with E-state index in [9.17, 15) is 4.39 Å². The van der Waals surface area contributed by atoms with Crippen molar-refractivity contribution in [2.45, 2.75) is 26.8 Å². The molecule has 0 aromatic heterocycles. The molecule has 0 spiro atoms. The maximum absolute atomic E-state index is 13.2. The molecular weight excluding hydrogens is 257 g/mol. The fourth-order valence-corrected chi connectivity index (χ4v) is 1.69. The van der Waals surface area contributed by atoms with Gasteiger partial charge < -0.3 is 5.32 Å². The molecule has 1 atom stereocenters. The molecule has 0 saturated heterocycles. The Morgan fingerprint density at radius 1 is 1.47 bits per heavy atom. The normalized spacial score (nSPS) is 12.8. The predicted octanol–water partition coefficient (Wildman–Crippen LogP) is 3.72. The minimum atomic E-state index is -0.196. The van der Waals surface area contributed by atoms with Crippen molar-refractivity contribution in [2.75, 3.05) is 6.54 Å². The fraction of sp³-hybridized carbons (Fsp3) is 0.500. The summed E-state index contributed by atoms with van der Waals surface area (Å²) < 4.78 is 13.7. The van der Waals surface area contributed by atoms with Crippen molar-refractivity contribution in [2.24, 2.45) is 5.92 Å². The quantitative estimate of drug-likeness (QED) is 0.862. The summed E-state index contributed by atoms with van der Waals surface area (Å²) in [7, 11) is 0. The lowest BCUT2D eigenvalue weighted by atomic mass is 10.1. The molecular formula is C12H17BrFN. The number of benzene rings is 1. The van der Waals surface area contributed by atoms with Gasteiger partial charge in [0.25, 0.3) is 0 Å². The fourth-order valence-electron chi connectivity index (χ4n) is 1.28. The van der Waals surface area contributed by atoms with E-state index in [1.165, 1.54) is 6.07 Å². The van der Waals surface area contributed by atoms with Gasteiger partial charge >= 0.3 is 0 Å². The highest BCUT2D eigenvalue weighted by molar-refractivity contribution is 9.10. The molecule has 1 aromatic rings. The Hall–Kier alpha value is -0.410. The Morgan fingerprint density at radius 2 is 2.20 bits per heavy atom. The summed E-state index contributed by atoms with van der Waals surface area (Å²) in [6, 6.07) is 5.12. The van der Waals surface area contributed by atoms with Gasteiger partial charge in [-0.05, 0) is 40.0 Å². The van der Waals surface area contributed by atoms with E-state index in [-0.39, 0.29) is 5.82 Å². The van der Waals surface area contributed by atoms with E-state index >= 15 is 0 Å². The molecule has 15 heavy (non-hydrogen) atoms. The van der Waals surface area contributed by atoms with Crippen LogP contribution >= 0.6 is 15.9 Å². The van der Waals surface area contributed by atoms with Crippen LogP contribution in [0.5, 0.6) is 0 Å². The number of nitrogens with one attached hydrogen (secondary N) is 1. The van der Waals surface area contributed by atoms with Crippen molar-refractivity contribution < 1.29 is 4.39 Å². The van der Waals surface area contributed by atoms with Crippen LogP contribution in [0.25, 0.3) is 0 Å². The molecule has 0 fully saturated rings. The van der Waals surface area contributed by atoms with Crippen LogP contribution in [0.1, 0.15) is 25.8 Å². The summed E-state index contributed by atoms with van der Waals surface area (Å²) in [6.45, 7) is 6.06. The molecule has 0 aliphatic carbocycles. The molecule has 0 heterocycles. The molecule has 0 amide bonds. The second-order valence-electron chi connectivity index (χ2n) is 3.86. The van der Waals surface area contributed by atoms with Crippen molar-refractivity contribution in [3.63, 3.8) is 0 Å². The van der Waals surface area contributed by atoms with Gasteiger partial charge in [0, 0.05) is 6.54 Å².